The summed E-state index contributed by atoms with van der Waals surface area (Å²) in [5.74, 6) is 0.991. The molecule has 42 heavy (non-hydrogen) atoms. The molecule has 0 spiro atoms. The van der Waals surface area contributed by atoms with E-state index in [0.717, 1.165) is 19.3 Å². The molecule has 2 heteroatoms. The second kappa shape index (κ2) is 14.4. The average Bonchev–Trinajstić information content (AvgIpc) is 3.24. The smallest absolute Gasteiger partial charge is 0.0982 e. The number of aliphatic hydroxyl groups is 1. The standard InChI is InChI=1S/C40H58O2/c1-29(18-13-19-31(3)22-23-35-33(5)26-34(41)28-39(35,8)9)16-11-12-17-30(2)20-14-21-32(4)36-27-37-38(6,7)24-15-25-40(37,10)42-36/h11-14,16-23,27,33-36,41H,15,24-26,28H2,1-10H3/b12-11+,18-13+,20-14+,23-22+,29-16+,30-17+,31-19+,32-21+. The van der Waals surface area contributed by atoms with E-state index in [-0.39, 0.29) is 28.6 Å². The lowest BCUT2D eigenvalue weighted by atomic mass is 9.63. The summed E-state index contributed by atoms with van der Waals surface area (Å²) in [5.41, 5.74) is 6.66. The Morgan fingerprint density at radius 1 is 0.810 bits per heavy atom. The minimum absolute atomic E-state index is 0.0785. The van der Waals surface area contributed by atoms with Crippen LogP contribution in [0.2, 0.25) is 0 Å². The maximum Gasteiger partial charge on any atom is 0.0982 e. The van der Waals surface area contributed by atoms with Gasteiger partial charge in [-0.1, -0.05) is 124 Å². The minimum Gasteiger partial charge on any atom is -0.393 e. The van der Waals surface area contributed by atoms with E-state index in [1.807, 2.05) is 0 Å². The first kappa shape index (κ1) is 34.1. The second-order valence-corrected chi connectivity index (χ2v) is 14.8. The molecule has 5 unspecified atom stereocenters. The fourth-order valence-electron chi connectivity index (χ4n) is 7.32. The van der Waals surface area contributed by atoms with E-state index in [2.05, 4.69) is 148 Å². The number of aliphatic hydroxyl groups excluding tert-OH is 1. The highest BCUT2D eigenvalue weighted by molar-refractivity contribution is 5.37. The van der Waals surface area contributed by atoms with Gasteiger partial charge in [-0.2, -0.15) is 0 Å². The molecule has 0 bridgehead atoms. The van der Waals surface area contributed by atoms with Gasteiger partial charge in [0.2, 0.25) is 0 Å². The zero-order chi connectivity index (χ0) is 31.1. The van der Waals surface area contributed by atoms with Crippen molar-refractivity contribution in [1.82, 2.24) is 0 Å². The monoisotopic (exact) mass is 570 g/mol. The molecular weight excluding hydrogens is 512 g/mol. The van der Waals surface area contributed by atoms with Gasteiger partial charge >= 0.3 is 0 Å². The molecule has 0 aromatic rings. The summed E-state index contributed by atoms with van der Waals surface area (Å²) >= 11 is 0. The average molecular weight is 571 g/mol. The van der Waals surface area contributed by atoms with Crippen molar-refractivity contribution in [1.29, 1.82) is 0 Å². The number of hydrogen-bond acceptors (Lipinski definition) is 2. The molecule has 230 valence electrons. The van der Waals surface area contributed by atoms with E-state index >= 15 is 0 Å². The van der Waals surface area contributed by atoms with Crippen LogP contribution in [0, 0.1) is 22.7 Å². The summed E-state index contributed by atoms with van der Waals surface area (Å²) in [5, 5.41) is 10.1. The lowest BCUT2D eigenvalue weighted by Crippen LogP contribution is -2.39. The molecule has 0 radical (unpaired) electrons. The molecule has 0 aromatic heterocycles. The van der Waals surface area contributed by atoms with E-state index < -0.39 is 0 Å². The zero-order valence-corrected chi connectivity index (χ0v) is 28.2. The molecule has 1 aliphatic heterocycles. The van der Waals surface area contributed by atoms with Crippen LogP contribution >= 0.6 is 0 Å². The number of ether oxygens (including phenoxy) is 1. The van der Waals surface area contributed by atoms with Crippen LogP contribution in [0.15, 0.2) is 107 Å². The van der Waals surface area contributed by atoms with Crippen LogP contribution in [0.25, 0.3) is 0 Å². The lowest BCUT2D eigenvalue weighted by molar-refractivity contribution is -0.0308. The van der Waals surface area contributed by atoms with E-state index in [1.54, 1.807) is 0 Å². The van der Waals surface area contributed by atoms with E-state index in [0.29, 0.717) is 11.8 Å². The topological polar surface area (TPSA) is 29.5 Å². The van der Waals surface area contributed by atoms with Gasteiger partial charge in [0.15, 0.2) is 0 Å². The van der Waals surface area contributed by atoms with E-state index in [1.165, 1.54) is 40.7 Å². The fourth-order valence-corrected chi connectivity index (χ4v) is 7.32. The molecule has 1 heterocycles. The predicted octanol–water partition coefficient (Wildman–Crippen LogP) is 10.7. The van der Waals surface area contributed by atoms with Gasteiger partial charge in [-0.25, -0.2) is 0 Å². The Balaban J connectivity index is 1.50. The normalized spacial score (nSPS) is 32.9. The van der Waals surface area contributed by atoms with Gasteiger partial charge in [-0.05, 0) is 107 Å². The molecule has 0 saturated heterocycles. The second-order valence-electron chi connectivity index (χ2n) is 14.8. The van der Waals surface area contributed by atoms with Gasteiger partial charge in [0.1, 0.15) is 0 Å². The SMILES string of the molecule is CC(/C=C/C=C(C)/C=C/C1C(C)CC(O)CC1(C)C)=C\C=C\C=C(C)\C=C\C=C(/C)C1C=C2C(C)(C)CCCC2(C)O1. The molecule has 2 saturated carbocycles. The van der Waals surface area contributed by atoms with Crippen LogP contribution in [-0.4, -0.2) is 22.9 Å². The molecule has 3 rings (SSSR count). The summed E-state index contributed by atoms with van der Waals surface area (Å²) < 4.78 is 6.56. The van der Waals surface area contributed by atoms with Crippen molar-refractivity contribution in [2.24, 2.45) is 22.7 Å². The Labute approximate surface area is 258 Å². The third-order valence-corrected chi connectivity index (χ3v) is 9.66. The van der Waals surface area contributed by atoms with E-state index in [4.69, 9.17) is 4.74 Å². The van der Waals surface area contributed by atoms with Crippen molar-refractivity contribution >= 4 is 0 Å². The molecule has 0 amide bonds. The molecule has 0 aromatic carbocycles. The van der Waals surface area contributed by atoms with Crippen LogP contribution in [0.4, 0.5) is 0 Å². The molecular formula is C40H58O2. The summed E-state index contributed by atoms with van der Waals surface area (Å²) in [6.45, 7) is 22.4. The van der Waals surface area contributed by atoms with Gasteiger partial charge in [0, 0.05) is 0 Å². The van der Waals surface area contributed by atoms with Crippen molar-refractivity contribution in [2.45, 2.75) is 119 Å². The summed E-state index contributed by atoms with van der Waals surface area (Å²) in [4.78, 5) is 0. The zero-order valence-electron chi connectivity index (χ0n) is 28.2. The highest BCUT2D eigenvalue weighted by atomic mass is 16.5. The van der Waals surface area contributed by atoms with Crippen molar-refractivity contribution in [3.63, 3.8) is 0 Å². The predicted molar refractivity (Wildman–Crippen MR) is 182 cm³/mol. The maximum atomic E-state index is 10.1. The quantitative estimate of drug-likeness (QED) is 0.221. The largest absolute Gasteiger partial charge is 0.393 e. The van der Waals surface area contributed by atoms with Crippen molar-refractivity contribution in [3.8, 4) is 0 Å². The first-order valence-electron chi connectivity index (χ1n) is 16.1. The van der Waals surface area contributed by atoms with Gasteiger partial charge in [0.25, 0.3) is 0 Å². The fraction of sp³-hybridized carbons (Fsp3) is 0.550. The van der Waals surface area contributed by atoms with Crippen LogP contribution in [0.5, 0.6) is 0 Å². The minimum atomic E-state index is -0.165. The first-order chi connectivity index (χ1) is 19.6. The number of hydrogen-bond donors (Lipinski definition) is 1. The highest BCUT2D eigenvalue weighted by Crippen LogP contribution is 2.52. The van der Waals surface area contributed by atoms with E-state index in [9.17, 15) is 5.11 Å². The van der Waals surface area contributed by atoms with Gasteiger partial charge in [-0.15, -0.1) is 0 Å². The van der Waals surface area contributed by atoms with Gasteiger partial charge in [0.05, 0.1) is 17.8 Å². The lowest BCUT2D eigenvalue weighted by Gasteiger charge is -2.43. The van der Waals surface area contributed by atoms with Crippen molar-refractivity contribution in [2.75, 3.05) is 0 Å². The Morgan fingerprint density at radius 3 is 1.98 bits per heavy atom. The molecule has 5 atom stereocenters. The van der Waals surface area contributed by atoms with Crippen molar-refractivity contribution in [3.05, 3.63) is 107 Å². The van der Waals surface area contributed by atoms with Crippen LogP contribution in [0.1, 0.15) is 101 Å². The summed E-state index contributed by atoms with van der Waals surface area (Å²) in [6, 6.07) is 0. The summed E-state index contributed by atoms with van der Waals surface area (Å²) in [6.07, 6.45) is 33.7. The van der Waals surface area contributed by atoms with Gasteiger partial charge in [-0.3, -0.25) is 0 Å². The van der Waals surface area contributed by atoms with Crippen LogP contribution in [-0.2, 0) is 4.74 Å². The number of allylic oxidation sites excluding steroid dienone is 15. The maximum absolute atomic E-state index is 10.1. The van der Waals surface area contributed by atoms with Crippen LogP contribution < -0.4 is 0 Å². The molecule has 2 fully saturated rings. The highest BCUT2D eigenvalue weighted by Gasteiger charge is 2.47. The summed E-state index contributed by atoms with van der Waals surface area (Å²) in [7, 11) is 0. The third-order valence-electron chi connectivity index (χ3n) is 9.66. The number of fused-ring (bicyclic) bond motifs is 1. The molecule has 3 aliphatic rings. The first-order valence-corrected chi connectivity index (χ1v) is 16.1. The Bertz CT molecular complexity index is 1220. The van der Waals surface area contributed by atoms with Gasteiger partial charge < -0.3 is 9.84 Å². The Kier molecular flexibility index (Phi) is 11.7. The number of rotatable bonds is 9. The molecule has 2 nitrogen and oxygen atoms in total. The van der Waals surface area contributed by atoms with Crippen LogP contribution in [0.3, 0.4) is 0 Å². The molecule has 1 N–H and O–H groups in total. The Hall–Kier alpha value is -2.42. The third kappa shape index (κ3) is 9.29. The molecule has 2 aliphatic carbocycles. The van der Waals surface area contributed by atoms with Crippen molar-refractivity contribution < 1.29 is 9.84 Å². The Morgan fingerprint density at radius 2 is 1.38 bits per heavy atom.